The highest BCUT2D eigenvalue weighted by atomic mass is 19.1. The SMILES string of the molecule is CCCc1noc(-c2ccc3nnc(CC(=O)Nc4cccc(F)c4)n3c2)n1. The first-order chi connectivity index (χ1) is 13.6. The minimum absolute atomic E-state index is 0.0218. The molecule has 8 nitrogen and oxygen atoms in total. The van der Waals surface area contributed by atoms with Crippen LogP contribution in [0.15, 0.2) is 47.1 Å². The van der Waals surface area contributed by atoms with Crippen molar-refractivity contribution >= 4 is 17.2 Å². The number of anilines is 1. The number of carbonyl (C=O) groups is 1. The predicted molar refractivity (Wildman–Crippen MR) is 99.0 cm³/mol. The van der Waals surface area contributed by atoms with Gasteiger partial charge in [0.1, 0.15) is 11.6 Å². The van der Waals surface area contributed by atoms with Gasteiger partial charge in [-0.2, -0.15) is 4.98 Å². The normalized spacial score (nSPS) is 11.1. The predicted octanol–water partition coefficient (Wildman–Crippen LogP) is 3.05. The molecular weight excluding hydrogens is 363 g/mol. The summed E-state index contributed by atoms with van der Waals surface area (Å²) in [6, 6.07) is 9.28. The van der Waals surface area contributed by atoms with Crippen molar-refractivity contribution in [3.05, 3.63) is 60.1 Å². The second-order valence-electron chi connectivity index (χ2n) is 6.26. The van der Waals surface area contributed by atoms with Gasteiger partial charge < -0.3 is 9.84 Å². The van der Waals surface area contributed by atoms with Crippen molar-refractivity contribution in [2.75, 3.05) is 5.32 Å². The lowest BCUT2D eigenvalue weighted by Crippen LogP contribution is -2.16. The molecule has 3 heterocycles. The van der Waals surface area contributed by atoms with Crippen LogP contribution in [0.4, 0.5) is 10.1 Å². The molecule has 0 saturated carbocycles. The number of pyridine rings is 1. The smallest absolute Gasteiger partial charge is 0.259 e. The van der Waals surface area contributed by atoms with Crippen LogP contribution in [-0.2, 0) is 17.6 Å². The van der Waals surface area contributed by atoms with E-state index in [1.54, 1.807) is 22.7 Å². The summed E-state index contributed by atoms with van der Waals surface area (Å²) in [7, 11) is 0. The quantitative estimate of drug-likeness (QED) is 0.552. The molecule has 4 rings (SSSR count). The van der Waals surface area contributed by atoms with Crippen molar-refractivity contribution in [2.24, 2.45) is 0 Å². The Morgan fingerprint density at radius 2 is 2.14 bits per heavy atom. The van der Waals surface area contributed by atoms with Crippen molar-refractivity contribution in [2.45, 2.75) is 26.2 Å². The number of aryl methyl sites for hydroxylation is 1. The molecule has 0 aliphatic heterocycles. The van der Waals surface area contributed by atoms with Crippen LogP contribution in [0.3, 0.4) is 0 Å². The molecule has 28 heavy (non-hydrogen) atoms. The third-order valence-electron chi connectivity index (χ3n) is 4.09. The fourth-order valence-electron chi connectivity index (χ4n) is 2.80. The van der Waals surface area contributed by atoms with Crippen LogP contribution >= 0.6 is 0 Å². The molecule has 1 N–H and O–H groups in total. The lowest BCUT2D eigenvalue weighted by molar-refractivity contribution is -0.115. The molecule has 9 heteroatoms. The van der Waals surface area contributed by atoms with Gasteiger partial charge in [-0.1, -0.05) is 18.1 Å². The molecule has 3 aromatic heterocycles. The van der Waals surface area contributed by atoms with Crippen LogP contribution in [-0.4, -0.2) is 30.6 Å². The van der Waals surface area contributed by atoms with Crippen LogP contribution in [0.25, 0.3) is 17.1 Å². The van der Waals surface area contributed by atoms with Crippen molar-refractivity contribution in [1.82, 2.24) is 24.7 Å². The highest BCUT2D eigenvalue weighted by molar-refractivity contribution is 5.91. The molecule has 1 aromatic carbocycles. The first-order valence-corrected chi connectivity index (χ1v) is 8.84. The Kier molecular flexibility index (Phi) is 4.79. The lowest BCUT2D eigenvalue weighted by atomic mass is 10.2. The monoisotopic (exact) mass is 380 g/mol. The molecule has 0 radical (unpaired) electrons. The molecule has 0 unspecified atom stereocenters. The molecule has 0 aliphatic rings. The summed E-state index contributed by atoms with van der Waals surface area (Å²) in [6.07, 6.45) is 3.40. The molecule has 0 atom stereocenters. The zero-order chi connectivity index (χ0) is 19.5. The van der Waals surface area contributed by atoms with Gasteiger partial charge in [0.05, 0.1) is 12.0 Å². The first-order valence-electron chi connectivity index (χ1n) is 8.84. The third-order valence-corrected chi connectivity index (χ3v) is 4.09. The second kappa shape index (κ2) is 7.55. The molecule has 1 amide bonds. The summed E-state index contributed by atoms with van der Waals surface area (Å²) in [6.45, 7) is 2.04. The largest absolute Gasteiger partial charge is 0.334 e. The second-order valence-corrected chi connectivity index (χ2v) is 6.26. The lowest BCUT2D eigenvalue weighted by Gasteiger charge is -2.05. The van der Waals surface area contributed by atoms with Crippen LogP contribution < -0.4 is 5.32 Å². The number of benzene rings is 1. The summed E-state index contributed by atoms with van der Waals surface area (Å²) >= 11 is 0. The van der Waals surface area contributed by atoms with E-state index in [1.807, 2.05) is 13.0 Å². The highest BCUT2D eigenvalue weighted by Gasteiger charge is 2.14. The Bertz CT molecular complexity index is 1140. The molecule has 142 valence electrons. The molecule has 0 fully saturated rings. The van der Waals surface area contributed by atoms with Gasteiger partial charge in [-0.05, 0) is 36.8 Å². The van der Waals surface area contributed by atoms with Gasteiger partial charge in [0.25, 0.3) is 5.89 Å². The standard InChI is InChI=1S/C19H17FN6O2/c1-2-4-15-22-19(28-25-15)12-7-8-16-23-24-17(26(16)11-12)10-18(27)21-14-6-3-5-13(20)9-14/h3,5-9,11H,2,4,10H2,1H3,(H,21,27). The van der Waals surface area contributed by atoms with Gasteiger partial charge in [-0.25, -0.2) is 4.39 Å². The van der Waals surface area contributed by atoms with Gasteiger partial charge in [0.15, 0.2) is 11.5 Å². The fourth-order valence-corrected chi connectivity index (χ4v) is 2.80. The maximum atomic E-state index is 13.3. The summed E-state index contributed by atoms with van der Waals surface area (Å²) in [5, 5.41) is 14.7. The van der Waals surface area contributed by atoms with Gasteiger partial charge in [-0.3, -0.25) is 9.20 Å². The zero-order valence-electron chi connectivity index (χ0n) is 15.1. The van der Waals surface area contributed by atoms with E-state index >= 15 is 0 Å². The van der Waals surface area contributed by atoms with E-state index in [1.165, 1.54) is 18.2 Å². The number of amides is 1. The number of nitrogens with zero attached hydrogens (tertiary/aromatic N) is 5. The highest BCUT2D eigenvalue weighted by Crippen LogP contribution is 2.19. The van der Waals surface area contributed by atoms with Crippen LogP contribution in [0.1, 0.15) is 25.0 Å². The van der Waals surface area contributed by atoms with Crippen molar-refractivity contribution in [3.63, 3.8) is 0 Å². The third kappa shape index (κ3) is 3.73. The van der Waals surface area contributed by atoms with Crippen LogP contribution in [0.2, 0.25) is 0 Å². The van der Waals surface area contributed by atoms with Crippen molar-refractivity contribution < 1.29 is 13.7 Å². The fraction of sp³-hybridized carbons (Fsp3) is 0.211. The Balaban J connectivity index is 1.56. The van der Waals surface area contributed by atoms with Gasteiger partial charge in [0, 0.05) is 18.3 Å². The maximum absolute atomic E-state index is 13.3. The molecule has 0 saturated heterocycles. The van der Waals surface area contributed by atoms with E-state index in [0.717, 1.165) is 12.8 Å². The molecule has 0 bridgehead atoms. The number of fused-ring (bicyclic) bond motifs is 1. The number of rotatable bonds is 6. The summed E-state index contributed by atoms with van der Waals surface area (Å²) in [4.78, 5) is 16.7. The molecule has 4 aromatic rings. The minimum atomic E-state index is -0.419. The average molecular weight is 380 g/mol. The molecular formula is C19H17FN6O2. The number of carbonyl (C=O) groups excluding carboxylic acids is 1. The number of aromatic nitrogens is 5. The van der Waals surface area contributed by atoms with Crippen LogP contribution in [0, 0.1) is 5.82 Å². The summed E-state index contributed by atoms with van der Waals surface area (Å²) < 4.78 is 20.3. The van der Waals surface area contributed by atoms with Gasteiger partial charge >= 0.3 is 0 Å². The summed E-state index contributed by atoms with van der Waals surface area (Å²) in [5.74, 6) is 0.745. The summed E-state index contributed by atoms with van der Waals surface area (Å²) in [5.41, 5.74) is 1.67. The number of hydrogen-bond donors (Lipinski definition) is 1. The zero-order valence-corrected chi connectivity index (χ0v) is 15.1. The van der Waals surface area contributed by atoms with E-state index in [9.17, 15) is 9.18 Å². The topological polar surface area (TPSA) is 98.2 Å². The average Bonchev–Trinajstić information content (AvgIpc) is 3.29. The van der Waals surface area contributed by atoms with E-state index < -0.39 is 5.82 Å². The number of hydrogen-bond acceptors (Lipinski definition) is 6. The van der Waals surface area contributed by atoms with Crippen molar-refractivity contribution in [3.8, 4) is 11.5 Å². The Morgan fingerprint density at radius 1 is 1.25 bits per heavy atom. The van der Waals surface area contributed by atoms with E-state index in [-0.39, 0.29) is 12.3 Å². The van der Waals surface area contributed by atoms with Crippen molar-refractivity contribution in [1.29, 1.82) is 0 Å². The van der Waals surface area contributed by atoms with Crippen LogP contribution in [0.5, 0.6) is 0 Å². The molecule has 0 aliphatic carbocycles. The number of nitrogens with one attached hydrogen (secondary N) is 1. The van der Waals surface area contributed by atoms with Gasteiger partial charge in [0.2, 0.25) is 5.91 Å². The Morgan fingerprint density at radius 3 is 2.96 bits per heavy atom. The maximum Gasteiger partial charge on any atom is 0.259 e. The van der Waals surface area contributed by atoms with Gasteiger partial charge in [-0.15, -0.1) is 10.2 Å². The Labute approximate surface area is 159 Å². The molecule has 0 spiro atoms. The van der Waals surface area contributed by atoms with E-state index in [2.05, 4.69) is 25.7 Å². The Hall–Kier alpha value is -3.62. The number of halogens is 1. The first kappa shape index (κ1) is 17.8. The minimum Gasteiger partial charge on any atom is -0.334 e. The van der Waals surface area contributed by atoms with E-state index in [0.29, 0.717) is 34.4 Å². The van der Waals surface area contributed by atoms with E-state index in [4.69, 9.17) is 4.52 Å².